The monoisotopic (exact) mass is 356 g/mol. The standard InChI is InChI=1S/C21H32N4O/c1-2-23-11-13-24(14-12-23)20-5-3-17(4-6-20)21(26)25-9-7-18-15-22-16-19(18)8-10-25/h3-6,18-19,22H,2,7-16H2,1H3/t18-,19+. The molecule has 142 valence electrons. The van der Waals surface area contributed by atoms with E-state index >= 15 is 0 Å². The molecule has 5 heteroatoms. The van der Waals surface area contributed by atoms with Crippen LogP contribution in [0.25, 0.3) is 0 Å². The zero-order valence-electron chi connectivity index (χ0n) is 16.0. The molecule has 0 spiro atoms. The quantitative estimate of drug-likeness (QED) is 0.898. The summed E-state index contributed by atoms with van der Waals surface area (Å²) in [5.74, 6) is 1.73. The second-order valence-corrected chi connectivity index (χ2v) is 8.02. The van der Waals surface area contributed by atoms with Gasteiger partial charge in [0.15, 0.2) is 0 Å². The van der Waals surface area contributed by atoms with Crippen LogP contribution in [-0.4, -0.2) is 74.6 Å². The Morgan fingerprint density at radius 2 is 1.58 bits per heavy atom. The molecular formula is C21H32N4O. The molecule has 0 unspecified atom stereocenters. The van der Waals surface area contributed by atoms with Crippen LogP contribution in [0.15, 0.2) is 24.3 Å². The molecule has 0 saturated carbocycles. The van der Waals surface area contributed by atoms with Crippen LogP contribution in [-0.2, 0) is 0 Å². The van der Waals surface area contributed by atoms with E-state index in [0.29, 0.717) is 0 Å². The van der Waals surface area contributed by atoms with Gasteiger partial charge in [0.1, 0.15) is 0 Å². The highest BCUT2D eigenvalue weighted by Crippen LogP contribution is 2.28. The third kappa shape index (κ3) is 3.74. The summed E-state index contributed by atoms with van der Waals surface area (Å²) >= 11 is 0. The first-order valence-corrected chi connectivity index (χ1v) is 10.3. The Kier molecular flexibility index (Phi) is 5.46. The molecule has 1 N–H and O–H groups in total. The lowest BCUT2D eigenvalue weighted by molar-refractivity contribution is 0.0758. The van der Waals surface area contributed by atoms with E-state index in [1.807, 2.05) is 12.1 Å². The number of carbonyl (C=O) groups excluding carboxylic acids is 1. The molecule has 1 amide bonds. The van der Waals surface area contributed by atoms with Crippen LogP contribution >= 0.6 is 0 Å². The number of hydrogen-bond donors (Lipinski definition) is 1. The van der Waals surface area contributed by atoms with Crippen molar-refractivity contribution in [2.75, 3.05) is 63.8 Å². The zero-order valence-corrected chi connectivity index (χ0v) is 16.0. The molecule has 3 fully saturated rings. The predicted octanol–water partition coefficient (Wildman–Crippen LogP) is 1.90. The fourth-order valence-electron chi connectivity index (χ4n) is 4.74. The van der Waals surface area contributed by atoms with E-state index in [1.54, 1.807) is 0 Å². The van der Waals surface area contributed by atoms with E-state index in [-0.39, 0.29) is 5.91 Å². The SMILES string of the molecule is CCN1CCN(c2ccc(C(=O)N3CC[C@@H]4CNC[C@@H]4CC3)cc2)CC1. The number of carbonyl (C=O) groups is 1. The van der Waals surface area contributed by atoms with E-state index in [2.05, 4.69) is 39.1 Å². The Bertz CT molecular complexity index is 595. The number of piperazine rings is 1. The molecular weight excluding hydrogens is 324 g/mol. The van der Waals surface area contributed by atoms with Crippen molar-refractivity contribution in [3.05, 3.63) is 29.8 Å². The highest BCUT2D eigenvalue weighted by Gasteiger charge is 2.31. The van der Waals surface area contributed by atoms with Crippen LogP contribution in [0.3, 0.4) is 0 Å². The number of fused-ring (bicyclic) bond motifs is 1. The highest BCUT2D eigenvalue weighted by atomic mass is 16.2. The first-order valence-electron chi connectivity index (χ1n) is 10.3. The Hall–Kier alpha value is -1.59. The maximum atomic E-state index is 12.9. The molecule has 0 aliphatic carbocycles. The summed E-state index contributed by atoms with van der Waals surface area (Å²) in [5, 5.41) is 3.50. The van der Waals surface area contributed by atoms with Gasteiger partial charge in [-0.05, 0) is 68.6 Å². The molecule has 3 aliphatic rings. The number of anilines is 1. The number of nitrogens with zero attached hydrogens (tertiary/aromatic N) is 3. The normalized spacial score (nSPS) is 27.3. The summed E-state index contributed by atoms with van der Waals surface area (Å²) in [7, 11) is 0. The summed E-state index contributed by atoms with van der Waals surface area (Å²) in [6.07, 6.45) is 2.28. The number of benzene rings is 1. The summed E-state index contributed by atoms with van der Waals surface area (Å²) in [5.41, 5.74) is 2.08. The van der Waals surface area contributed by atoms with E-state index in [9.17, 15) is 4.79 Å². The summed E-state index contributed by atoms with van der Waals surface area (Å²) < 4.78 is 0. The van der Waals surface area contributed by atoms with Crippen LogP contribution in [0.4, 0.5) is 5.69 Å². The molecule has 3 heterocycles. The Balaban J connectivity index is 1.36. The van der Waals surface area contributed by atoms with Crippen molar-refractivity contribution in [3.63, 3.8) is 0 Å². The Morgan fingerprint density at radius 3 is 2.15 bits per heavy atom. The third-order valence-corrected chi connectivity index (χ3v) is 6.61. The van der Waals surface area contributed by atoms with Gasteiger partial charge < -0.3 is 20.0 Å². The van der Waals surface area contributed by atoms with Gasteiger partial charge in [0, 0.05) is 50.5 Å². The molecule has 0 bridgehead atoms. The molecule has 2 atom stereocenters. The van der Waals surface area contributed by atoms with Crippen LogP contribution < -0.4 is 10.2 Å². The van der Waals surface area contributed by atoms with Crippen molar-refractivity contribution in [2.45, 2.75) is 19.8 Å². The van der Waals surface area contributed by atoms with Gasteiger partial charge in [-0.3, -0.25) is 4.79 Å². The highest BCUT2D eigenvalue weighted by molar-refractivity contribution is 5.94. The topological polar surface area (TPSA) is 38.8 Å². The number of amides is 1. The fourth-order valence-corrected chi connectivity index (χ4v) is 4.74. The first kappa shape index (κ1) is 17.8. The maximum absolute atomic E-state index is 12.9. The molecule has 3 aliphatic heterocycles. The number of nitrogens with one attached hydrogen (secondary N) is 1. The van der Waals surface area contributed by atoms with Gasteiger partial charge >= 0.3 is 0 Å². The number of likely N-dealkylation sites (N-methyl/N-ethyl adjacent to an activating group) is 1. The lowest BCUT2D eigenvalue weighted by atomic mass is 9.92. The summed E-state index contributed by atoms with van der Waals surface area (Å²) in [6.45, 7) is 11.8. The number of likely N-dealkylation sites (tertiary alicyclic amines) is 1. The van der Waals surface area contributed by atoms with Crippen molar-refractivity contribution in [2.24, 2.45) is 11.8 Å². The van der Waals surface area contributed by atoms with Gasteiger partial charge in [-0.2, -0.15) is 0 Å². The fraction of sp³-hybridized carbons (Fsp3) is 0.667. The van der Waals surface area contributed by atoms with Gasteiger partial charge in [-0.25, -0.2) is 0 Å². The first-order chi connectivity index (χ1) is 12.7. The van der Waals surface area contributed by atoms with Crippen LogP contribution in [0.2, 0.25) is 0 Å². The predicted molar refractivity (Wildman–Crippen MR) is 106 cm³/mol. The zero-order chi connectivity index (χ0) is 17.9. The summed E-state index contributed by atoms with van der Waals surface area (Å²) in [4.78, 5) is 19.9. The minimum absolute atomic E-state index is 0.209. The molecule has 1 aromatic carbocycles. The minimum atomic E-state index is 0.209. The van der Waals surface area contributed by atoms with E-state index in [0.717, 1.165) is 89.1 Å². The van der Waals surface area contributed by atoms with Gasteiger partial charge in [0.05, 0.1) is 0 Å². The second kappa shape index (κ2) is 7.97. The van der Waals surface area contributed by atoms with Crippen LogP contribution in [0, 0.1) is 11.8 Å². The maximum Gasteiger partial charge on any atom is 0.253 e. The minimum Gasteiger partial charge on any atom is -0.369 e. The van der Waals surface area contributed by atoms with Gasteiger partial charge in [-0.15, -0.1) is 0 Å². The van der Waals surface area contributed by atoms with Gasteiger partial charge in [0.25, 0.3) is 5.91 Å². The average Bonchev–Trinajstić information content (AvgIpc) is 3.06. The lowest BCUT2D eigenvalue weighted by Gasteiger charge is -2.35. The van der Waals surface area contributed by atoms with Crippen molar-refractivity contribution in [3.8, 4) is 0 Å². The van der Waals surface area contributed by atoms with E-state index in [1.165, 1.54) is 5.69 Å². The lowest BCUT2D eigenvalue weighted by Crippen LogP contribution is -2.46. The van der Waals surface area contributed by atoms with Crippen molar-refractivity contribution in [1.29, 1.82) is 0 Å². The van der Waals surface area contributed by atoms with E-state index in [4.69, 9.17) is 0 Å². The average molecular weight is 357 g/mol. The van der Waals surface area contributed by atoms with E-state index < -0.39 is 0 Å². The number of rotatable bonds is 3. The molecule has 0 radical (unpaired) electrons. The summed E-state index contributed by atoms with van der Waals surface area (Å²) in [6, 6.07) is 8.31. The van der Waals surface area contributed by atoms with Crippen molar-refractivity contribution >= 4 is 11.6 Å². The number of hydrogen-bond acceptors (Lipinski definition) is 4. The molecule has 0 aromatic heterocycles. The van der Waals surface area contributed by atoms with Gasteiger partial charge in [-0.1, -0.05) is 6.92 Å². The molecule has 3 saturated heterocycles. The molecule has 1 aromatic rings. The molecule has 5 nitrogen and oxygen atoms in total. The Morgan fingerprint density at radius 1 is 0.962 bits per heavy atom. The Labute approximate surface area is 157 Å². The molecule has 26 heavy (non-hydrogen) atoms. The molecule has 4 rings (SSSR count). The third-order valence-electron chi connectivity index (χ3n) is 6.61. The largest absolute Gasteiger partial charge is 0.369 e. The van der Waals surface area contributed by atoms with Crippen molar-refractivity contribution in [1.82, 2.24) is 15.1 Å². The van der Waals surface area contributed by atoms with Crippen LogP contribution in [0.5, 0.6) is 0 Å². The van der Waals surface area contributed by atoms with Crippen LogP contribution in [0.1, 0.15) is 30.1 Å². The van der Waals surface area contributed by atoms with Crippen molar-refractivity contribution < 1.29 is 4.79 Å². The second-order valence-electron chi connectivity index (χ2n) is 8.02. The smallest absolute Gasteiger partial charge is 0.253 e. The van der Waals surface area contributed by atoms with Gasteiger partial charge in [0.2, 0.25) is 0 Å².